The van der Waals surface area contributed by atoms with E-state index in [2.05, 4.69) is 11.6 Å². The first-order valence-electron chi connectivity index (χ1n) is 7.22. The molecule has 1 heterocycles. The lowest BCUT2D eigenvalue weighted by Gasteiger charge is -2.29. The Hall–Kier alpha value is -2.13. The SMILES string of the molecule is C=C(Cl)/N=C1\C(=C/C)C(C)=CC(=O)N1c1ccccc1.CC. The first-order chi connectivity index (χ1) is 10.5. The largest absolute Gasteiger partial charge is 0.269 e. The van der Waals surface area contributed by atoms with Gasteiger partial charge in [0.1, 0.15) is 11.0 Å². The molecule has 0 atom stereocenters. The summed E-state index contributed by atoms with van der Waals surface area (Å²) in [6.07, 6.45) is 3.51. The minimum atomic E-state index is -0.143. The van der Waals surface area contributed by atoms with Gasteiger partial charge in [-0.1, -0.05) is 56.3 Å². The lowest BCUT2D eigenvalue weighted by atomic mass is 10.00. The lowest BCUT2D eigenvalue weighted by molar-refractivity contribution is -0.113. The van der Waals surface area contributed by atoms with E-state index < -0.39 is 0 Å². The van der Waals surface area contributed by atoms with Crippen LogP contribution in [0.2, 0.25) is 0 Å². The number of hydrogen-bond acceptors (Lipinski definition) is 2. The topological polar surface area (TPSA) is 32.7 Å². The van der Waals surface area contributed by atoms with Crippen LogP contribution in [-0.4, -0.2) is 11.7 Å². The van der Waals surface area contributed by atoms with Crippen LogP contribution in [0, 0.1) is 0 Å². The van der Waals surface area contributed by atoms with Gasteiger partial charge in [-0.2, -0.15) is 0 Å². The molecular weight excluding hydrogens is 296 g/mol. The molecule has 3 nitrogen and oxygen atoms in total. The van der Waals surface area contributed by atoms with Crippen LogP contribution >= 0.6 is 11.6 Å². The highest BCUT2D eigenvalue weighted by Gasteiger charge is 2.28. The van der Waals surface area contributed by atoms with Crippen molar-refractivity contribution >= 4 is 29.0 Å². The molecule has 0 saturated carbocycles. The number of anilines is 1. The van der Waals surface area contributed by atoms with Crippen molar-refractivity contribution in [3.8, 4) is 0 Å². The van der Waals surface area contributed by atoms with Crippen LogP contribution < -0.4 is 4.90 Å². The molecule has 0 bridgehead atoms. The van der Waals surface area contributed by atoms with Gasteiger partial charge in [-0.25, -0.2) is 4.99 Å². The molecule has 1 amide bonds. The molecule has 1 aliphatic heterocycles. The van der Waals surface area contributed by atoms with Gasteiger partial charge in [0.25, 0.3) is 5.91 Å². The van der Waals surface area contributed by atoms with Crippen LogP contribution in [0.25, 0.3) is 0 Å². The van der Waals surface area contributed by atoms with Gasteiger partial charge in [0.2, 0.25) is 0 Å². The van der Waals surface area contributed by atoms with Crippen LogP contribution in [0.3, 0.4) is 0 Å². The van der Waals surface area contributed by atoms with Gasteiger partial charge < -0.3 is 0 Å². The fourth-order valence-electron chi connectivity index (χ4n) is 2.14. The second kappa shape index (κ2) is 8.35. The fraction of sp³-hybridized carbons (Fsp3) is 0.222. The van der Waals surface area contributed by atoms with E-state index in [-0.39, 0.29) is 11.1 Å². The molecule has 1 aromatic rings. The Labute approximate surface area is 137 Å². The van der Waals surface area contributed by atoms with E-state index in [9.17, 15) is 4.79 Å². The normalized spacial score (nSPS) is 18.0. The summed E-state index contributed by atoms with van der Waals surface area (Å²) in [5, 5.41) is 0.141. The molecule has 1 aliphatic rings. The third kappa shape index (κ3) is 3.95. The standard InChI is InChI=1S/C16H15ClN2O.C2H6/c1-4-14-11(2)10-15(20)19(16(14)18-12(3)17)13-8-6-5-7-9-13;1-2/h4-10H,3H2,1-2H3;1-2H3/b14-4-,18-16+;. The summed E-state index contributed by atoms with van der Waals surface area (Å²) in [5.74, 6) is 0.361. The zero-order chi connectivity index (χ0) is 16.7. The number of halogens is 1. The van der Waals surface area contributed by atoms with Crippen molar-refractivity contribution < 1.29 is 4.79 Å². The van der Waals surface area contributed by atoms with E-state index >= 15 is 0 Å². The smallest absolute Gasteiger partial charge is 0.257 e. The van der Waals surface area contributed by atoms with Crippen molar-refractivity contribution in [2.24, 2.45) is 4.99 Å². The van der Waals surface area contributed by atoms with Crippen molar-refractivity contribution in [2.45, 2.75) is 27.7 Å². The molecule has 0 unspecified atom stereocenters. The number of hydrogen-bond donors (Lipinski definition) is 0. The molecule has 0 fully saturated rings. The van der Waals surface area contributed by atoms with Gasteiger partial charge in [-0.05, 0) is 31.6 Å². The molecule has 0 saturated heterocycles. The molecule has 0 N–H and O–H groups in total. The molecule has 4 heteroatoms. The molecule has 0 radical (unpaired) electrons. The number of nitrogens with zero attached hydrogens (tertiary/aromatic N) is 2. The Morgan fingerprint density at radius 3 is 2.36 bits per heavy atom. The van der Waals surface area contributed by atoms with Gasteiger partial charge in [-0.15, -0.1) is 0 Å². The molecular formula is C18H21ClN2O. The summed E-state index contributed by atoms with van der Waals surface area (Å²) in [6, 6.07) is 9.35. The average Bonchev–Trinajstić information content (AvgIpc) is 2.50. The van der Waals surface area contributed by atoms with Gasteiger partial charge in [0.15, 0.2) is 0 Å². The van der Waals surface area contributed by atoms with E-state index in [0.717, 1.165) is 16.8 Å². The first-order valence-corrected chi connectivity index (χ1v) is 7.60. The zero-order valence-electron chi connectivity index (χ0n) is 13.4. The monoisotopic (exact) mass is 316 g/mol. The van der Waals surface area contributed by atoms with Gasteiger partial charge in [0, 0.05) is 11.6 Å². The third-order valence-corrected chi connectivity index (χ3v) is 3.05. The van der Waals surface area contributed by atoms with Crippen molar-refractivity contribution in [2.75, 3.05) is 4.90 Å². The second-order valence-electron chi connectivity index (χ2n) is 4.35. The summed E-state index contributed by atoms with van der Waals surface area (Å²) in [7, 11) is 0. The quantitative estimate of drug-likeness (QED) is 0.702. The predicted molar refractivity (Wildman–Crippen MR) is 95.2 cm³/mol. The number of para-hydroxylation sites is 1. The number of carbonyl (C=O) groups excluding carboxylic acids is 1. The number of aliphatic imine (C=N–C) groups is 1. The summed E-state index contributed by atoms with van der Waals surface area (Å²) in [4.78, 5) is 18.1. The van der Waals surface area contributed by atoms with E-state index in [4.69, 9.17) is 11.6 Å². The van der Waals surface area contributed by atoms with Crippen LogP contribution in [0.4, 0.5) is 5.69 Å². The van der Waals surface area contributed by atoms with Crippen molar-refractivity contribution in [3.05, 3.63) is 65.4 Å². The van der Waals surface area contributed by atoms with Crippen LogP contribution in [0.1, 0.15) is 27.7 Å². The van der Waals surface area contributed by atoms with Gasteiger partial charge in [-0.3, -0.25) is 9.69 Å². The van der Waals surface area contributed by atoms with Gasteiger partial charge in [0.05, 0.1) is 5.69 Å². The van der Waals surface area contributed by atoms with Crippen LogP contribution in [-0.2, 0) is 4.79 Å². The first kappa shape index (κ1) is 17.9. The second-order valence-corrected chi connectivity index (χ2v) is 4.79. The number of allylic oxidation sites excluding steroid dienone is 1. The van der Waals surface area contributed by atoms with Crippen molar-refractivity contribution in [1.82, 2.24) is 0 Å². The highest BCUT2D eigenvalue weighted by molar-refractivity contribution is 6.34. The van der Waals surface area contributed by atoms with E-state index in [1.807, 2.05) is 64.1 Å². The number of rotatable bonds is 2. The Bertz CT molecular complexity index is 642. The molecule has 0 aliphatic carbocycles. The van der Waals surface area contributed by atoms with E-state index in [1.165, 1.54) is 4.90 Å². The Morgan fingerprint density at radius 2 is 1.86 bits per heavy atom. The minimum Gasteiger partial charge on any atom is -0.269 e. The summed E-state index contributed by atoms with van der Waals surface area (Å²) < 4.78 is 0. The maximum atomic E-state index is 12.3. The Morgan fingerprint density at radius 1 is 1.27 bits per heavy atom. The highest BCUT2D eigenvalue weighted by Crippen LogP contribution is 2.27. The Balaban J connectivity index is 0.00000116. The number of carbonyl (C=O) groups is 1. The fourth-order valence-corrected chi connectivity index (χ4v) is 2.22. The molecule has 1 aromatic carbocycles. The van der Waals surface area contributed by atoms with Crippen molar-refractivity contribution in [1.29, 1.82) is 0 Å². The van der Waals surface area contributed by atoms with E-state index in [0.29, 0.717) is 5.84 Å². The average molecular weight is 317 g/mol. The van der Waals surface area contributed by atoms with Crippen LogP contribution in [0.5, 0.6) is 0 Å². The zero-order valence-corrected chi connectivity index (χ0v) is 14.2. The minimum absolute atomic E-state index is 0.141. The van der Waals surface area contributed by atoms with E-state index in [1.54, 1.807) is 6.08 Å². The molecule has 0 spiro atoms. The summed E-state index contributed by atoms with van der Waals surface area (Å²) in [5.41, 5.74) is 2.48. The number of amides is 1. The lowest BCUT2D eigenvalue weighted by Crippen LogP contribution is -2.40. The number of benzene rings is 1. The predicted octanol–water partition coefficient (Wildman–Crippen LogP) is 5.06. The summed E-state index contributed by atoms with van der Waals surface area (Å²) >= 11 is 5.81. The van der Waals surface area contributed by atoms with Crippen LogP contribution in [0.15, 0.2) is 70.4 Å². The molecule has 2 rings (SSSR count). The summed E-state index contributed by atoms with van der Waals surface area (Å²) in [6.45, 7) is 11.4. The van der Waals surface area contributed by atoms with Gasteiger partial charge >= 0.3 is 0 Å². The third-order valence-electron chi connectivity index (χ3n) is 2.97. The molecule has 0 aromatic heterocycles. The van der Waals surface area contributed by atoms with Crippen molar-refractivity contribution in [3.63, 3.8) is 0 Å². The maximum absolute atomic E-state index is 12.3. The maximum Gasteiger partial charge on any atom is 0.257 e. The highest BCUT2D eigenvalue weighted by atomic mass is 35.5. The molecule has 116 valence electrons. The number of amidine groups is 1. The molecule has 22 heavy (non-hydrogen) atoms. The Kier molecular flexibility index (Phi) is 6.80.